The third-order valence-electron chi connectivity index (χ3n) is 6.23. The number of carbonyl (C=O) groups excluding carboxylic acids is 2. The number of benzene rings is 2. The molecule has 45 heavy (non-hydrogen) atoms. The Hall–Kier alpha value is -3.99. The highest BCUT2D eigenvalue weighted by Crippen LogP contribution is 2.22. The first-order valence-corrected chi connectivity index (χ1v) is 15.8. The molecule has 1 aliphatic heterocycles. The van der Waals surface area contributed by atoms with Crippen LogP contribution in [0.5, 0.6) is 0 Å². The predicted molar refractivity (Wildman–Crippen MR) is 178 cm³/mol. The summed E-state index contributed by atoms with van der Waals surface area (Å²) in [6, 6.07) is 12.0. The normalized spacial score (nSPS) is 12.3. The molecule has 2 heterocycles. The molecule has 3 aromatic rings. The fourth-order valence-electron chi connectivity index (χ4n) is 4.25. The van der Waals surface area contributed by atoms with Gasteiger partial charge in [0, 0.05) is 16.9 Å². The summed E-state index contributed by atoms with van der Waals surface area (Å²) in [5.41, 5.74) is 2.87. The molecule has 0 radical (unpaired) electrons. The Kier molecular flexibility index (Phi) is 18.1. The van der Waals surface area contributed by atoms with Crippen LogP contribution in [0.1, 0.15) is 88.7 Å². The van der Waals surface area contributed by atoms with Gasteiger partial charge in [-0.1, -0.05) is 66.2 Å². The van der Waals surface area contributed by atoms with Gasteiger partial charge in [0.05, 0.1) is 18.1 Å². The zero-order chi connectivity index (χ0) is 33.8. The number of rotatable bonds is 9. The number of carbonyl (C=O) groups is 2. The van der Waals surface area contributed by atoms with Crippen molar-refractivity contribution >= 4 is 34.8 Å². The minimum absolute atomic E-state index is 0.105. The van der Waals surface area contributed by atoms with Crippen LogP contribution in [0.3, 0.4) is 0 Å². The summed E-state index contributed by atoms with van der Waals surface area (Å²) in [4.78, 5) is 34.9. The Morgan fingerprint density at radius 2 is 1.49 bits per heavy atom. The lowest BCUT2D eigenvalue weighted by atomic mass is 10.1. The van der Waals surface area contributed by atoms with Gasteiger partial charge < -0.3 is 20.9 Å². The second-order valence-electron chi connectivity index (χ2n) is 9.92. The van der Waals surface area contributed by atoms with Crippen molar-refractivity contribution in [1.82, 2.24) is 14.9 Å². The van der Waals surface area contributed by atoms with E-state index in [1.165, 1.54) is 68.5 Å². The summed E-state index contributed by atoms with van der Waals surface area (Å²) in [7, 11) is 0. The van der Waals surface area contributed by atoms with Crippen molar-refractivity contribution in [1.29, 1.82) is 0 Å². The van der Waals surface area contributed by atoms with Crippen molar-refractivity contribution in [3.8, 4) is 0 Å². The number of nitrogens with zero attached hydrogens (tertiary/aromatic N) is 3. The molecular weight excluding hydrogens is 581 g/mol. The van der Waals surface area contributed by atoms with Crippen molar-refractivity contribution in [3.63, 3.8) is 0 Å². The van der Waals surface area contributed by atoms with Crippen LogP contribution in [0, 0.1) is 6.92 Å². The van der Waals surface area contributed by atoms with Gasteiger partial charge in [0.25, 0.3) is 5.91 Å². The number of aryl methyl sites for hydroxylation is 2. The van der Waals surface area contributed by atoms with Crippen LogP contribution in [-0.2, 0) is 11.2 Å². The SMILES string of the molecule is CC.CC.CCC.Cc1ccc(NC(=O)C(F)(F)F)cc1C(=O)Nc1cnc(Nc2cccc(CCCN3CCCC3)c2)nc1. The molecule has 1 saturated heterocycles. The third-order valence-corrected chi connectivity index (χ3v) is 6.23. The fourth-order valence-corrected chi connectivity index (χ4v) is 4.25. The van der Waals surface area contributed by atoms with Gasteiger partial charge in [0.1, 0.15) is 0 Å². The average molecular weight is 631 g/mol. The molecule has 1 aliphatic rings. The molecule has 1 aromatic heterocycles. The Morgan fingerprint density at radius 1 is 0.867 bits per heavy atom. The first-order chi connectivity index (χ1) is 21.6. The Balaban J connectivity index is 0.00000134. The van der Waals surface area contributed by atoms with Gasteiger partial charge in [-0.25, -0.2) is 9.97 Å². The van der Waals surface area contributed by atoms with E-state index in [9.17, 15) is 22.8 Å². The van der Waals surface area contributed by atoms with Crippen molar-refractivity contribution in [2.45, 2.75) is 86.7 Å². The Bertz CT molecular complexity index is 1290. The van der Waals surface area contributed by atoms with Crippen LogP contribution in [0.25, 0.3) is 0 Å². The quantitative estimate of drug-likeness (QED) is 0.219. The lowest BCUT2D eigenvalue weighted by Gasteiger charge is -2.14. The number of halogens is 3. The van der Waals surface area contributed by atoms with Crippen LogP contribution in [0.15, 0.2) is 54.9 Å². The molecule has 3 N–H and O–H groups in total. The van der Waals surface area contributed by atoms with Crippen molar-refractivity contribution < 1.29 is 22.8 Å². The monoisotopic (exact) mass is 630 g/mol. The van der Waals surface area contributed by atoms with Gasteiger partial charge in [-0.05, 0) is 87.6 Å². The first kappa shape index (κ1) is 39.0. The van der Waals surface area contributed by atoms with Crippen LogP contribution < -0.4 is 16.0 Å². The number of hydrogen-bond donors (Lipinski definition) is 3. The van der Waals surface area contributed by atoms with E-state index >= 15 is 0 Å². The van der Waals surface area contributed by atoms with Gasteiger partial charge in [-0.3, -0.25) is 9.59 Å². The van der Waals surface area contributed by atoms with Crippen LogP contribution in [0.2, 0.25) is 0 Å². The van der Waals surface area contributed by atoms with E-state index in [0.717, 1.165) is 25.1 Å². The summed E-state index contributed by atoms with van der Waals surface area (Å²) in [5.74, 6) is -2.33. The van der Waals surface area contributed by atoms with Crippen molar-refractivity contribution in [3.05, 3.63) is 71.5 Å². The molecule has 2 aromatic carbocycles. The molecule has 11 heteroatoms. The molecule has 8 nitrogen and oxygen atoms in total. The largest absolute Gasteiger partial charge is 0.471 e. The fraction of sp³-hybridized carbons (Fsp3) is 0.471. The second kappa shape index (κ2) is 20.9. The minimum atomic E-state index is -5.03. The van der Waals surface area contributed by atoms with E-state index in [1.807, 2.05) is 39.8 Å². The van der Waals surface area contributed by atoms with E-state index in [1.54, 1.807) is 12.2 Å². The van der Waals surface area contributed by atoms with E-state index < -0.39 is 18.0 Å². The number of alkyl halides is 3. The summed E-state index contributed by atoms with van der Waals surface area (Å²) in [6.45, 7) is 17.4. The molecule has 248 valence electrons. The van der Waals surface area contributed by atoms with E-state index in [4.69, 9.17) is 0 Å². The van der Waals surface area contributed by atoms with Crippen LogP contribution >= 0.6 is 0 Å². The van der Waals surface area contributed by atoms with Gasteiger partial charge in [0.2, 0.25) is 5.95 Å². The van der Waals surface area contributed by atoms with Crippen LogP contribution in [-0.4, -0.2) is 52.5 Å². The number of hydrogen-bond acceptors (Lipinski definition) is 6. The van der Waals surface area contributed by atoms with E-state index in [2.05, 4.69) is 51.5 Å². The molecule has 4 rings (SSSR count). The van der Waals surface area contributed by atoms with E-state index in [0.29, 0.717) is 17.2 Å². The van der Waals surface area contributed by atoms with Gasteiger partial charge in [-0.15, -0.1) is 0 Å². The summed E-state index contributed by atoms with van der Waals surface area (Å²) in [6.07, 6.45) is 3.74. The number of anilines is 4. The first-order valence-electron chi connectivity index (χ1n) is 15.8. The summed E-state index contributed by atoms with van der Waals surface area (Å²) in [5, 5.41) is 7.53. The molecule has 0 unspecified atom stereocenters. The molecular formula is C34H49F3N6O2. The summed E-state index contributed by atoms with van der Waals surface area (Å²) >= 11 is 0. The van der Waals surface area contributed by atoms with Crippen molar-refractivity contribution in [2.24, 2.45) is 0 Å². The predicted octanol–water partition coefficient (Wildman–Crippen LogP) is 8.78. The van der Waals surface area contributed by atoms with Gasteiger partial charge >= 0.3 is 12.1 Å². The van der Waals surface area contributed by atoms with Gasteiger partial charge in [0.15, 0.2) is 0 Å². The number of amides is 2. The number of likely N-dealkylation sites (tertiary alicyclic amines) is 1. The number of nitrogens with one attached hydrogen (secondary N) is 3. The Morgan fingerprint density at radius 3 is 2.09 bits per heavy atom. The molecule has 0 bridgehead atoms. The Labute approximate surface area is 266 Å². The highest BCUT2D eigenvalue weighted by atomic mass is 19.4. The molecule has 2 amide bonds. The third kappa shape index (κ3) is 14.1. The standard InChI is InChI=1S/C27H29F3N6O2.C3H8.2C2H6/c1-18-9-10-21(34-25(38)27(28,29)30)15-23(18)24(37)33-22-16-31-26(32-17-22)35-20-8-4-6-19(14-20)7-5-13-36-11-2-3-12-36;1-3-2;2*1-2/h4,6,8-10,14-17H,2-3,5,7,11-13H2,1H3,(H,33,37)(H,34,38)(H,31,32,35);3H2,1-2H3;2*1-2H3. The highest BCUT2D eigenvalue weighted by Gasteiger charge is 2.38. The molecule has 1 fully saturated rings. The smallest absolute Gasteiger partial charge is 0.324 e. The maximum atomic E-state index is 12.7. The van der Waals surface area contributed by atoms with Gasteiger partial charge in [-0.2, -0.15) is 13.2 Å². The summed E-state index contributed by atoms with van der Waals surface area (Å²) < 4.78 is 37.6. The van der Waals surface area contributed by atoms with Crippen LogP contribution in [0.4, 0.5) is 36.2 Å². The zero-order valence-electron chi connectivity index (χ0n) is 27.6. The van der Waals surface area contributed by atoms with Crippen molar-refractivity contribution in [2.75, 3.05) is 35.6 Å². The lowest BCUT2D eigenvalue weighted by Crippen LogP contribution is -2.30. The second-order valence-corrected chi connectivity index (χ2v) is 9.92. The molecule has 0 aliphatic carbocycles. The minimum Gasteiger partial charge on any atom is -0.324 e. The molecule has 0 spiro atoms. The maximum Gasteiger partial charge on any atom is 0.471 e. The molecule has 0 saturated carbocycles. The number of aromatic nitrogens is 2. The zero-order valence-corrected chi connectivity index (χ0v) is 27.6. The van der Waals surface area contributed by atoms with E-state index in [-0.39, 0.29) is 11.3 Å². The molecule has 0 atom stereocenters. The maximum absolute atomic E-state index is 12.7. The topological polar surface area (TPSA) is 99.2 Å². The average Bonchev–Trinajstić information content (AvgIpc) is 3.55. The lowest BCUT2D eigenvalue weighted by molar-refractivity contribution is -0.167. The highest BCUT2D eigenvalue weighted by molar-refractivity contribution is 6.06.